The molecular weight excluding hydrogens is 285 g/mol. The van der Waals surface area contributed by atoms with Crippen molar-refractivity contribution in [3.05, 3.63) is 24.0 Å². The van der Waals surface area contributed by atoms with Crippen molar-refractivity contribution in [2.24, 2.45) is 0 Å². The summed E-state index contributed by atoms with van der Waals surface area (Å²) < 4.78 is 61.6. The first-order chi connectivity index (χ1) is 9.11. The van der Waals surface area contributed by atoms with Crippen molar-refractivity contribution in [3.8, 4) is 0 Å². The van der Waals surface area contributed by atoms with Gasteiger partial charge < -0.3 is 10.3 Å². The molecule has 108 valence electrons. The van der Waals surface area contributed by atoms with Gasteiger partial charge in [0.2, 0.25) is 0 Å². The minimum atomic E-state index is -5.94. The van der Waals surface area contributed by atoms with E-state index in [0.29, 0.717) is 16.9 Å². The SMILES string of the molecule is Cc1nc2ccc(NC(=O)C(F)(F)C(F)(F)F)cc2[nH]1. The van der Waals surface area contributed by atoms with E-state index in [-0.39, 0.29) is 5.69 Å². The lowest BCUT2D eigenvalue weighted by molar-refractivity contribution is -0.267. The first kappa shape index (κ1) is 14.2. The van der Waals surface area contributed by atoms with E-state index in [9.17, 15) is 26.7 Å². The van der Waals surface area contributed by atoms with Crippen LogP contribution in [0.2, 0.25) is 0 Å². The second-order valence-electron chi connectivity index (χ2n) is 4.08. The number of hydrogen-bond acceptors (Lipinski definition) is 2. The topological polar surface area (TPSA) is 57.8 Å². The smallest absolute Gasteiger partial charge is 0.342 e. The van der Waals surface area contributed by atoms with Crippen molar-refractivity contribution >= 4 is 22.6 Å². The Morgan fingerprint density at radius 1 is 1.25 bits per heavy atom. The van der Waals surface area contributed by atoms with Gasteiger partial charge in [-0.05, 0) is 25.1 Å². The number of fused-ring (bicyclic) bond motifs is 1. The highest BCUT2D eigenvalue weighted by Crippen LogP contribution is 2.36. The summed E-state index contributed by atoms with van der Waals surface area (Å²) in [4.78, 5) is 17.8. The van der Waals surface area contributed by atoms with Crippen molar-refractivity contribution in [1.29, 1.82) is 0 Å². The van der Waals surface area contributed by atoms with Crippen molar-refractivity contribution in [2.45, 2.75) is 19.0 Å². The number of carbonyl (C=O) groups excluding carboxylic acids is 1. The molecule has 1 heterocycles. The quantitative estimate of drug-likeness (QED) is 0.836. The van der Waals surface area contributed by atoms with Gasteiger partial charge in [0, 0.05) is 5.69 Å². The number of H-pyrrole nitrogens is 1. The molecule has 1 amide bonds. The summed E-state index contributed by atoms with van der Waals surface area (Å²) in [5, 5.41) is 1.53. The summed E-state index contributed by atoms with van der Waals surface area (Å²) in [6.45, 7) is 1.65. The Bertz CT molecular complexity index is 662. The lowest BCUT2D eigenvalue weighted by atomic mass is 10.2. The Morgan fingerprint density at radius 3 is 2.50 bits per heavy atom. The van der Waals surface area contributed by atoms with Gasteiger partial charge in [-0.15, -0.1) is 0 Å². The van der Waals surface area contributed by atoms with E-state index in [1.165, 1.54) is 23.5 Å². The Morgan fingerprint density at radius 2 is 1.90 bits per heavy atom. The molecule has 2 N–H and O–H groups in total. The normalized spacial score (nSPS) is 12.7. The van der Waals surface area contributed by atoms with E-state index in [4.69, 9.17) is 0 Å². The number of nitrogens with zero attached hydrogens (tertiary/aromatic N) is 1. The lowest BCUT2D eigenvalue weighted by Crippen LogP contribution is -2.47. The van der Waals surface area contributed by atoms with E-state index < -0.39 is 18.0 Å². The molecular formula is C11H8F5N3O. The van der Waals surface area contributed by atoms with Gasteiger partial charge in [-0.1, -0.05) is 0 Å². The lowest BCUT2D eigenvalue weighted by Gasteiger charge is -2.18. The molecule has 2 rings (SSSR count). The third-order valence-electron chi connectivity index (χ3n) is 2.50. The van der Waals surface area contributed by atoms with Crippen LogP contribution < -0.4 is 5.32 Å². The summed E-state index contributed by atoms with van der Waals surface area (Å²) in [6.07, 6.45) is -5.94. The maximum absolute atomic E-state index is 12.8. The maximum atomic E-state index is 12.8. The van der Waals surface area contributed by atoms with Crippen LogP contribution in [-0.4, -0.2) is 28.0 Å². The number of alkyl halides is 5. The van der Waals surface area contributed by atoms with Crippen LogP contribution in [0.4, 0.5) is 27.6 Å². The maximum Gasteiger partial charge on any atom is 0.463 e. The number of hydrogen-bond donors (Lipinski definition) is 2. The van der Waals surface area contributed by atoms with Gasteiger partial charge in [0.1, 0.15) is 5.82 Å². The number of halogens is 5. The zero-order valence-corrected chi connectivity index (χ0v) is 9.98. The Hall–Kier alpha value is -2.19. The fourth-order valence-corrected chi connectivity index (χ4v) is 1.55. The highest BCUT2D eigenvalue weighted by Gasteiger charge is 2.63. The first-order valence-corrected chi connectivity index (χ1v) is 5.33. The van der Waals surface area contributed by atoms with Crippen LogP contribution >= 0.6 is 0 Å². The van der Waals surface area contributed by atoms with E-state index in [2.05, 4.69) is 9.97 Å². The highest BCUT2D eigenvalue weighted by atomic mass is 19.4. The summed E-state index contributed by atoms with van der Waals surface area (Å²) >= 11 is 0. The molecule has 1 aromatic carbocycles. The fraction of sp³-hybridized carbons (Fsp3) is 0.273. The molecule has 0 aliphatic carbocycles. The predicted molar refractivity (Wildman–Crippen MR) is 60.5 cm³/mol. The van der Waals surface area contributed by atoms with E-state index in [1.807, 2.05) is 0 Å². The Labute approximate surface area is 109 Å². The van der Waals surface area contributed by atoms with Crippen LogP contribution in [-0.2, 0) is 4.79 Å². The van der Waals surface area contributed by atoms with E-state index >= 15 is 0 Å². The molecule has 0 aliphatic heterocycles. The molecule has 0 spiro atoms. The molecule has 0 bridgehead atoms. The first-order valence-electron chi connectivity index (χ1n) is 5.33. The monoisotopic (exact) mass is 293 g/mol. The second-order valence-corrected chi connectivity index (χ2v) is 4.08. The molecule has 20 heavy (non-hydrogen) atoms. The number of nitrogens with one attached hydrogen (secondary N) is 2. The molecule has 2 aromatic rings. The third kappa shape index (κ3) is 2.43. The molecule has 0 atom stereocenters. The zero-order valence-electron chi connectivity index (χ0n) is 9.98. The highest BCUT2D eigenvalue weighted by molar-refractivity contribution is 5.98. The standard InChI is InChI=1S/C11H8F5N3O/c1-5-17-7-3-2-6(4-8(7)18-5)19-9(20)10(12,13)11(14,15)16/h2-4H,1H3,(H,17,18)(H,19,20). The van der Waals surface area contributed by atoms with Crippen LogP contribution in [0.1, 0.15) is 5.82 Å². The number of benzene rings is 1. The molecule has 0 saturated carbocycles. The van der Waals surface area contributed by atoms with Crippen LogP contribution in [0.15, 0.2) is 18.2 Å². The molecule has 9 heteroatoms. The molecule has 0 aliphatic rings. The number of aromatic amines is 1. The minimum absolute atomic E-state index is 0.185. The van der Waals surface area contributed by atoms with Crippen molar-refractivity contribution in [2.75, 3.05) is 5.32 Å². The zero-order chi connectivity index (χ0) is 15.1. The van der Waals surface area contributed by atoms with Gasteiger partial charge in [-0.2, -0.15) is 22.0 Å². The number of anilines is 1. The molecule has 0 fully saturated rings. The van der Waals surface area contributed by atoms with Gasteiger partial charge in [0.05, 0.1) is 11.0 Å². The number of aromatic nitrogens is 2. The van der Waals surface area contributed by atoms with Gasteiger partial charge in [-0.3, -0.25) is 4.79 Å². The number of imidazole rings is 1. The summed E-state index contributed by atoms with van der Waals surface area (Å²) in [6, 6.07) is 3.80. The summed E-state index contributed by atoms with van der Waals surface area (Å²) in [5.74, 6) is -7.34. The van der Waals surface area contributed by atoms with Crippen LogP contribution in [0.5, 0.6) is 0 Å². The molecule has 1 aromatic heterocycles. The van der Waals surface area contributed by atoms with Gasteiger partial charge in [0.15, 0.2) is 0 Å². The average molecular weight is 293 g/mol. The fourth-order valence-electron chi connectivity index (χ4n) is 1.55. The Balaban J connectivity index is 2.26. The largest absolute Gasteiger partial charge is 0.463 e. The van der Waals surface area contributed by atoms with Gasteiger partial charge >= 0.3 is 18.0 Å². The number of rotatable bonds is 2. The Kier molecular flexibility index (Phi) is 3.15. The van der Waals surface area contributed by atoms with Gasteiger partial charge in [-0.25, -0.2) is 4.98 Å². The second kappa shape index (κ2) is 4.43. The van der Waals surface area contributed by atoms with E-state index in [1.54, 1.807) is 6.92 Å². The van der Waals surface area contributed by atoms with Crippen LogP contribution in [0.3, 0.4) is 0 Å². The van der Waals surface area contributed by atoms with E-state index in [0.717, 1.165) is 0 Å². The van der Waals surface area contributed by atoms with Crippen LogP contribution in [0, 0.1) is 6.92 Å². The minimum Gasteiger partial charge on any atom is -0.342 e. The molecule has 4 nitrogen and oxygen atoms in total. The molecule has 0 unspecified atom stereocenters. The van der Waals surface area contributed by atoms with Gasteiger partial charge in [0.25, 0.3) is 0 Å². The third-order valence-corrected chi connectivity index (χ3v) is 2.50. The van der Waals surface area contributed by atoms with Crippen molar-refractivity contribution < 1.29 is 26.7 Å². The number of amides is 1. The summed E-state index contributed by atoms with van der Waals surface area (Å²) in [7, 11) is 0. The average Bonchev–Trinajstić information content (AvgIpc) is 2.66. The van der Waals surface area contributed by atoms with Crippen LogP contribution in [0.25, 0.3) is 11.0 Å². The predicted octanol–water partition coefficient (Wildman–Crippen LogP) is 3.01. The number of aryl methyl sites for hydroxylation is 1. The summed E-state index contributed by atoms with van der Waals surface area (Å²) in [5.41, 5.74) is 0.730. The van der Waals surface area contributed by atoms with Crippen molar-refractivity contribution in [3.63, 3.8) is 0 Å². The van der Waals surface area contributed by atoms with Crippen molar-refractivity contribution in [1.82, 2.24) is 9.97 Å². The molecule has 0 radical (unpaired) electrons. The number of carbonyl (C=O) groups is 1. The molecule has 0 saturated heterocycles.